The average Bonchev–Trinajstić information content (AvgIpc) is 2.25. The highest BCUT2D eigenvalue weighted by molar-refractivity contribution is 7.99. The Morgan fingerprint density at radius 3 is 2.87 bits per heavy atom. The van der Waals surface area contributed by atoms with Crippen molar-refractivity contribution in [2.24, 2.45) is 0 Å². The van der Waals surface area contributed by atoms with E-state index in [1.165, 1.54) is 11.8 Å². The normalized spacial score (nSPS) is 10.1. The van der Waals surface area contributed by atoms with E-state index >= 15 is 0 Å². The molecule has 0 aromatic heterocycles. The first-order valence-electron chi connectivity index (χ1n) is 4.45. The van der Waals surface area contributed by atoms with Gasteiger partial charge in [0, 0.05) is 21.2 Å². The minimum Gasteiger partial charge on any atom is -0.497 e. The molecule has 0 bridgehead atoms. The van der Waals surface area contributed by atoms with Crippen molar-refractivity contribution in [2.75, 3.05) is 19.5 Å². The first kappa shape index (κ1) is 12.4. The lowest BCUT2D eigenvalue weighted by molar-refractivity contribution is 0.322. The smallest absolute Gasteiger partial charge is 0.120 e. The molecule has 0 heterocycles. The quantitative estimate of drug-likeness (QED) is 0.808. The van der Waals surface area contributed by atoms with E-state index in [1.807, 2.05) is 18.2 Å². The van der Waals surface area contributed by atoms with E-state index in [0.29, 0.717) is 10.8 Å². The van der Waals surface area contributed by atoms with E-state index in [-0.39, 0.29) is 6.61 Å². The molecule has 0 amide bonds. The van der Waals surface area contributed by atoms with Gasteiger partial charge in [0.15, 0.2) is 0 Å². The Morgan fingerprint density at radius 1 is 1.60 bits per heavy atom. The van der Waals surface area contributed by atoms with Gasteiger partial charge in [-0.3, -0.25) is 0 Å². The number of hydrogen-bond donors (Lipinski definition) is 1. The van der Waals surface area contributed by atoms with Gasteiger partial charge in [-0.1, -0.05) is 18.2 Å². The Hall–Kier alpha value is -0.640. The molecule has 1 aromatic rings. The molecule has 0 saturated heterocycles. The zero-order chi connectivity index (χ0) is 11.3. The van der Waals surface area contributed by atoms with E-state index in [1.54, 1.807) is 7.11 Å². The van der Waals surface area contributed by atoms with Crippen LogP contribution in [0.15, 0.2) is 29.7 Å². The van der Waals surface area contributed by atoms with Crippen LogP contribution in [0.5, 0.6) is 5.75 Å². The molecule has 1 rings (SSSR count). The first-order chi connectivity index (χ1) is 7.19. The monoisotopic (exact) mass is 244 g/mol. The van der Waals surface area contributed by atoms with Gasteiger partial charge in [-0.15, -0.1) is 11.8 Å². The van der Waals surface area contributed by atoms with Crippen LogP contribution in [-0.4, -0.2) is 24.6 Å². The third-order valence-corrected chi connectivity index (χ3v) is 3.07. The van der Waals surface area contributed by atoms with Crippen LogP contribution in [0, 0.1) is 0 Å². The van der Waals surface area contributed by atoms with Crippen molar-refractivity contribution in [3.63, 3.8) is 0 Å². The fourth-order valence-corrected chi connectivity index (χ4v) is 2.21. The number of ether oxygens (including phenoxy) is 1. The largest absolute Gasteiger partial charge is 0.497 e. The number of benzene rings is 1. The Bertz CT molecular complexity index is 352. The lowest BCUT2D eigenvalue weighted by atomic mass is 10.2. The summed E-state index contributed by atoms with van der Waals surface area (Å²) in [5.74, 6) is 1.40. The van der Waals surface area contributed by atoms with E-state index < -0.39 is 0 Å². The average molecular weight is 245 g/mol. The predicted molar refractivity (Wildman–Crippen MR) is 65.7 cm³/mol. The lowest BCUT2D eigenvalue weighted by Gasteiger charge is -2.09. The van der Waals surface area contributed by atoms with Crippen molar-refractivity contribution in [1.82, 2.24) is 0 Å². The predicted octanol–water partition coefficient (Wildman–Crippen LogP) is 2.99. The summed E-state index contributed by atoms with van der Waals surface area (Å²) in [7, 11) is 1.62. The van der Waals surface area contributed by atoms with Crippen LogP contribution in [0.25, 0.3) is 5.03 Å². The fraction of sp³-hybridized carbons (Fsp3) is 0.273. The third kappa shape index (κ3) is 3.45. The zero-order valence-corrected chi connectivity index (χ0v) is 10.1. The Morgan fingerprint density at radius 2 is 2.33 bits per heavy atom. The number of halogens is 1. The second-order valence-electron chi connectivity index (χ2n) is 2.84. The van der Waals surface area contributed by atoms with Gasteiger partial charge in [-0.05, 0) is 18.2 Å². The van der Waals surface area contributed by atoms with Gasteiger partial charge in [0.1, 0.15) is 5.75 Å². The molecule has 15 heavy (non-hydrogen) atoms. The second kappa shape index (κ2) is 6.05. The van der Waals surface area contributed by atoms with E-state index in [0.717, 1.165) is 16.2 Å². The number of methoxy groups -OCH3 is 1. The Balaban J connectivity index is 2.99. The van der Waals surface area contributed by atoms with E-state index in [9.17, 15) is 0 Å². The molecule has 0 fully saturated rings. The molecule has 1 N–H and O–H groups in total. The molecule has 82 valence electrons. The van der Waals surface area contributed by atoms with Crippen LogP contribution in [0.3, 0.4) is 0 Å². The summed E-state index contributed by atoms with van der Waals surface area (Å²) < 4.78 is 5.12. The second-order valence-corrected chi connectivity index (χ2v) is 4.43. The standard InChI is InChI=1S/C11H13ClO2S/c1-8(12)10-4-3-9(14-2)7-11(10)15-6-5-13/h3-4,7,13H,1,5-6H2,2H3. The number of aliphatic hydroxyl groups excluding tert-OH is 1. The molecule has 0 aliphatic rings. The minimum atomic E-state index is 0.135. The van der Waals surface area contributed by atoms with Gasteiger partial charge in [0.05, 0.1) is 13.7 Å². The van der Waals surface area contributed by atoms with Crippen LogP contribution in [0.4, 0.5) is 0 Å². The molecule has 1 aromatic carbocycles. The van der Waals surface area contributed by atoms with Crippen molar-refractivity contribution >= 4 is 28.4 Å². The third-order valence-electron chi connectivity index (χ3n) is 1.83. The van der Waals surface area contributed by atoms with Crippen molar-refractivity contribution < 1.29 is 9.84 Å². The summed E-state index contributed by atoms with van der Waals surface area (Å²) >= 11 is 7.40. The van der Waals surface area contributed by atoms with Crippen molar-refractivity contribution in [3.05, 3.63) is 30.3 Å². The molecule has 0 aliphatic heterocycles. The molecule has 0 aliphatic carbocycles. The molecule has 0 spiro atoms. The summed E-state index contributed by atoms with van der Waals surface area (Å²) in [5, 5.41) is 9.27. The highest BCUT2D eigenvalue weighted by Gasteiger charge is 2.06. The molecular weight excluding hydrogens is 232 g/mol. The van der Waals surface area contributed by atoms with Gasteiger partial charge in [0.2, 0.25) is 0 Å². The van der Waals surface area contributed by atoms with E-state index in [4.69, 9.17) is 21.4 Å². The molecule has 2 nitrogen and oxygen atoms in total. The number of hydrogen-bond acceptors (Lipinski definition) is 3. The van der Waals surface area contributed by atoms with Crippen molar-refractivity contribution in [2.45, 2.75) is 4.90 Å². The highest BCUT2D eigenvalue weighted by Crippen LogP contribution is 2.32. The van der Waals surface area contributed by atoms with Crippen LogP contribution in [-0.2, 0) is 0 Å². The van der Waals surface area contributed by atoms with E-state index in [2.05, 4.69) is 6.58 Å². The van der Waals surface area contributed by atoms with Crippen LogP contribution in [0.1, 0.15) is 5.56 Å². The maximum absolute atomic E-state index is 8.78. The SMILES string of the molecule is C=C(Cl)c1ccc(OC)cc1SCCO. The maximum Gasteiger partial charge on any atom is 0.120 e. The molecule has 0 radical (unpaired) electrons. The van der Waals surface area contributed by atoms with Crippen molar-refractivity contribution in [1.29, 1.82) is 0 Å². The van der Waals surface area contributed by atoms with Gasteiger partial charge < -0.3 is 9.84 Å². The van der Waals surface area contributed by atoms with Crippen molar-refractivity contribution in [3.8, 4) is 5.75 Å². The topological polar surface area (TPSA) is 29.5 Å². The zero-order valence-electron chi connectivity index (χ0n) is 8.50. The van der Waals surface area contributed by atoms with Gasteiger partial charge >= 0.3 is 0 Å². The van der Waals surface area contributed by atoms with Gasteiger partial charge in [-0.25, -0.2) is 0 Å². The highest BCUT2D eigenvalue weighted by atomic mass is 35.5. The number of aliphatic hydroxyl groups is 1. The molecule has 0 unspecified atom stereocenters. The number of rotatable bonds is 5. The first-order valence-corrected chi connectivity index (χ1v) is 5.82. The lowest BCUT2D eigenvalue weighted by Crippen LogP contribution is -1.90. The molecule has 0 atom stereocenters. The summed E-state index contributed by atoms with van der Waals surface area (Å²) in [5.41, 5.74) is 0.885. The number of thioether (sulfide) groups is 1. The Labute approximate surface area is 98.9 Å². The molecule has 0 saturated carbocycles. The fourth-order valence-electron chi connectivity index (χ4n) is 1.13. The maximum atomic E-state index is 8.78. The Kier molecular flexibility index (Phi) is 5.02. The minimum absolute atomic E-state index is 0.135. The van der Waals surface area contributed by atoms with Crippen LogP contribution >= 0.6 is 23.4 Å². The summed E-state index contributed by atoms with van der Waals surface area (Å²) in [6.45, 7) is 3.83. The van der Waals surface area contributed by atoms with Gasteiger partial charge in [-0.2, -0.15) is 0 Å². The summed E-state index contributed by atoms with van der Waals surface area (Å²) in [6, 6.07) is 5.60. The summed E-state index contributed by atoms with van der Waals surface area (Å²) in [6.07, 6.45) is 0. The van der Waals surface area contributed by atoms with Crippen LogP contribution in [0.2, 0.25) is 0 Å². The summed E-state index contributed by atoms with van der Waals surface area (Å²) in [4.78, 5) is 0.975. The van der Waals surface area contributed by atoms with Gasteiger partial charge in [0.25, 0.3) is 0 Å². The molecular formula is C11H13ClO2S. The van der Waals surface area contributed by atoms with Crippen LogP contribution < -0.4 is 4.74 Å². The molecule has 4 heteroatoms.